The molecule has 0 bridgehead atoms. The molecule has 2 heteroatoms. The summed E-state index contributed by atoms with van der Waals surface area (Å²) in [6, 6.07) is 41.3. The summed E-state index contributed by atoms with van der Waals surface area (Å²) in [6.45, 7) is 4.45. The number of allylic oxidation sites excluding steroid dienone is 4. The van der Waals surface area contributed by atoms with Crippen LogP contribution in [0.2, 0.25) is 0 Å². The predicted octanol–water partition coefficient (Wildman–Crippen LogP) is 9.85. The highest BCUT2D eigenvalue weighted by molar-refractivity contribution is 6.17. The molecule has 7 rings (SSSR count). The van der Waals surface area contributed by atoms with Crippen molar-refractivity contribution in [2.45, 2.75) is 6.54 Å². The lowest BCUT2D eigenvalue weighted by atomic mass is 9.92. The van der Waals surface area contributed by atoms with E-state index in [0.717, 1.165) is 28.1 Å². The molecular weight excluding hydrogens is 496 g/mol. The lowest BCUT2D eigenvalue weighted by molar-refractivity contribution is 1.06. The average Bonchev–Trinajstić information content (AvgIpc) is 3.04. The van der Waals surface area contributed by atoms with E-state index in [1.165, 1.54) is 43.8 Å². The van der Waals surface area contributed by atoms with Gasteiger partial charge in [-0.1, -0.05) is 128 Å². The molecule has 0 spiro atoms. The molecule has 194 valence electrons. The fraction of sp³-hybridized carbons (Fsp3) is 0.0256. The minimum absolute atomic E-state index is 0.580. The number of aliphatic imine (C=N–C) groups is 1. The molecule has 0 aliphatic heterocycles. The number of rotatable bonds is 5. The molecule has 0 N–H and O–H groups in total. The molecule has 0 saturated carbocycles. The van der Waals surface area contributed by atoms with Gasteiger partial charge in [-0.15, -0.1) is 0 Å². The first-order valence-electron chi connectivity index (χ1n) is 13.9. The number of fused-ring (bicyclic) bond motifs is 4. The Morgan fingerprint density at radius 1 is 0.659 bits per heavy atom. The van der Waals surface area contributed by atoms with Crippen LogP contribution < -0.4 is 0 Å². The standard InChI is InChI=1S/C39H28N2/c1-2-9-29-21-22-30-13-8-23-40-38(30)39(29)41-26-27-17-19-28(20-18-27)31-11-7-12-32(24-31)37-25-33-10-3-4-14-34(33)35-15-5-6-16-36(35)37/h2-25H,1,26H2/b29-9-,41-39?. The summed E-state index contributed by atoms with van der Waals surface area (Å²) in [5.41, 5.74) is 9.95. The summed E-state index contributed by atoms with van der Waals surface area (Å²) in [7, 11) is 0. The molecule has 0 amide bonds. The van der Waals surface area contributed by atoms with E-state index in [2.05, 4.69) is 133 Å². The third-order valence-corrected chi connectivity index (χ3v) is 7.73. The Kier molecular flexibility index (Phi) is 6.42. The Hall–Kier alpha value is -5.34. The van der Waals surface area contributed by atoms with E-state index in [4.69, 9.17) is 4.99 Å². The molecule has 2 nitrogen and oxygen atoms in total. The molecule has 1 aromatic heterocycles. The van der Waals surface area contributed by atoms with Crippen molar-refractivity contribution in [1.29, 1.82) is 0 Å². The van der Waals surface area contributed by atoms with Crippen LogP contribution in [0.4, 0.5) is 0 Å². The highest BCUT2D eigenvalue weighted by Crippen LogP contribution is 2.36. The SMILES string of the molecule is C=C/C=C1/C=Cc2cccnc2C1=NCc1ccc(-c2cccc(-c3cc4ccccc4c4ccccc34)c2)cc1. The molecule has 6 aromatic rings. The van der Waals surface area contributed by atoms with Crippen molar-refractivity contribution in [1.82, 2.24) is 4.98 Å². The summed E-state index contributed by atoms with van der Waals surface area (Å²) in [5, 5.41) is 5.11. The minimum Gasteiger partial charge on any atom is -0.278 e. The minimum atomic E-state index is 0.580. The van der Waals surface area contributed by atoms with Gasteiger partial charge in [0.1, 0.15) is 0 Å². The van der Waals surface area contributed by atoms with E-state index < -0.39 is 0 Å². The number of hydrogen-bond donors (Lipinski definition) is 0. The Morgan fingerprint density at radius 2 is 1.44 bits per heavy atom. The zero-order valence-corrected chi connectivity index (χ0v) is 22.7. The van der Waals surface area contributed by atoms with Gasteiger partial charge in [0, 0.05) is 17.3 Å². The Morgan fingerprint density at radius 3 is 2.29 bits per heavy atom. The monoisotopic (exact) mass is 524 g/mol. The summed E-state index contributed by atoms with van der Waals surface area (Å²) in [5.74, 6) is 0. The molecule has 1 aliphatic rings. The van der Waals surface area contributed by atoms with Crippen molar-refractivity contribution < 1.29 is 0 Å². The fourth-order valence-corrected chi connectivity index (χ4v) is 5.71. The molecule has 41 heavy (non-hydrogen) atoms. The van der Waals surface area contributed by atoms with Crippen LogP contribution in [0.5, 0.6) is 0 Å². The summed E-state index contributed by atoms with van der Waals surface area (Å²) >= 11 is 0. The molecule has 0 fully saturated rings. The number of pyridine rings is 1. The number of nitrogens with zero attached hydrogens (tertiary/aromatic N) is 2. The molecule has 0 saturated heterocycles. The van der Waals surface area contributed by atoms with Crippen molar-refractivity contribution in [3.05, 3.63) is 169 Å². The van der Waals surface area contributed by atoms with E-state index in [1.54, 1.807) is 6.08 Å². The van der Waals surface area contributed by atoms with Gasteiger partial charge < -0.3 is 0 Å². The second-order valence-electron chi connectivity index (χ2n) is 10.3. The topological polar surface area (TPSA) is 25.2 Å². The highest BCUT2D eigenvalue weighted by Gasteiger charge is 2.16. The number of benzene rings is 5. The quantitative estimate of drug-likeness (QED) is 0.206. The first kappa shape index (κ1) is 24.7. The lowest BCUT2D eigenvalue weighted by Gasteiger charge is -2.15. The van der Waals surface area contributed by atoms with Crippen LogP contribution in [-0.2, 0) is 6.54 Å². The van der Waals surface area contributed by atoms with Gasteiger partial charge in [0.2, 0.25) is 0 Å². The number of aromatic nitrogens is 1. The van der Waals surface area contributed by atoms with Gasteiger partial charge >= 0.3 is 0 Å². The van der Waals surface area contributed by atoms with Crippen molar-refractivity contribution in [3.8, 4) is 22.3 Å². The first-order valence-corrected chi connectivity index (χ1v) is 13.9. The van der Waals surface area contributed by atoms with Crippen molar-refractivity contribution in [2.24, 2.45) is 4.99 Å². The highest BCUT2D eigenvalue weighted by atomic mass is 14.8. The maximum atomic E-state index is 4.99. The molecule has 5 aromatic carbocycles. The Balaban J connectivity index is 1.20. The van der Waals surface area contributed by atoms with Crippen molar-refractivity contribution in [3.63, 3.8) is 0 Å². The van der Waals surface area contributed by atoms with Crippen LogP contribution in [0.3, 0.4) is 0 Å². The second kappa shape index (κ2) is 10.7. The lowest BCUT2D eigenvalue weighted by Crippen LogP contribution is -2.12. The molecule has 1 aliphatic carbocycles. The zero-order valence-electron chi connectivity index (χ0n) is 22.7. The van der Waals surface area contributed by atoms with E-state index in [9.17, 15) is 0 Å². The molecule has 1 heterocycles. The summed E-state index contributed by atoms with van der Waals surface area (Å²) < 4.78 is 0. The summed E-state index contributed by atoms with van der Waals surface area (Å²) in [6.07, 6.45) is 9.77. The zero-order chi connectivity index (χ0) is 27.6. The van der Waals surface area contributed by atoms with Gasteiger partial charge in [-0.2, -0.15) is 0 Å². The van der Waals surface area contributed by atoms with Gasteiger partial charge in [0.15, 0.2) is 0 Å². The maximum absolute atomic E-state index is 4.99. The van der Waals surface area contributed by atoms with Crippen LogP contribution in [0.1, 0.15) is 16.8 Å². The third-order valence-electron chi connectivity index (χ3n) is 7.73. The Bertz CT molecular complexity index is 2020. The molecule has 0 radical (unpaired) electrons. The van der Waals surface area contributed by atoms with Gasteiger partial charge in [0.25, 0.3) is 0 Å². The van der Waals surface area contributed by atoms with Gasteiger partial charge in [-0.3, -0.25) is 9.98 Å². The normalized spacial score (nSPS) is 14.5. The fourth-order valence-electron chi connectivity index (χ4n) is 5.71. The average molecular weight is 525 g/mol. The van der Waals surface area contributed by atoms with Crippen LogP contribution >= 0.6 is 0 Å². The molecular formula is C39H28N2. The van der Waals surface area contributed by atoms with E-state index in [0.29, 0.717) is 6.54 Å². The third kappa shape index (κ3) is 4.70. The molecule has 0 atom stereocenters. The van der Waals surface area contributed by atoms with Gasteiger partial charge in [0.05, 0.1) is 18.0 Å². The smallest absolute Gasteiger partial charge is 0.0960 e. The maximum Gasteiger partial charge on any atom is 0.0960 e. The van der Waals surface area contributed by atoms with E-state index in [-0.39, 0.29) is 0 Å². The largest absolute Gasteiger partial charge is 0.278 e. The van der Waals surface area contributed by atoms with Crippen molar-refractivity contribution in [2.75, 3.05) is 0 Å². The number of hydrogen-bond acceptors (Lipinski definition) is 2. The Labute approximate surface area is 240 Å². The van der Waals surface area contributed by atoms with E-state index >= 15 is 0 Å². The van der Waals surface area contributed by atoms with Gasteiger partial charge in [-0.05, 0) is 67.6 Å². The second-order valence-corrected chi connectivity index (χ2v) is 10.3. The molecule has 0 unspecified atom stereocenters. The summed E-state index contributed by atoms with van der Waals surface area (Å²) in [4.78, 5) is 9.60. The van der Waals surface area contributed by atoms with Gasteiger partial charge in [-0.25, -0.2) is 0 Å². The van der Waals surface area contributed by atoms with Crippen LogP contribution in [0.15, 0.2) is 157 Å². The van der Waals surface area contributed by atoms with Crippen LogP contribution in [0, 0.1) is 0 Å². The van der Waals surface area contributed by atoms with E-state index in [1.807, 2.05) is 18.3 Å². The van der Waals surface area contributed by atoms with Crippen molar-refractivity contribution >= 4 is 33.3 Å². The first-order chi connectivity index (χ1) is 20.3. The van der Waals surface area contributed by atoms with Crippen LogP contribution in [0.25, 0.3) is 49.9 Å². The predicted molar refractivity (Wildman–Crippen MR) is 174 cm³/mol. The van der Waals surface area contributed by atoms with Crippen LogP contribution in [-0.4, -0.2) is 10.7 Å².